The van der Waals surface area contributed by atoms with Gasteiger partial charge in [-0.25, -0.2) is 0 Å². The Morgan fingerprint density at radius 3 is 2.19 bits per heavy atom. The molecule has 0 bridgehead atoms. The minimum atomic E-state index is -1.10. The second-order valence-electron chi connectivity index (χ2n) is 4.30. The van der Waals surface area contributed by atoms with E-state index in [2.05, 4.69) is 20.8 Å². The summed E-state index contributed by atoms with van der Waals surface area (Å²) in [5.41, 5.74) is 0. The van der Waals surface area contributed by atoms with E-state index in [4.69, 9.17) is 13.3 Å². The van der Waals surface area contributed by atoms with Gasteiger partial charge >= 0.3 is 9.28 Å². The molecule has 0 aromatic rings. The van der Waals surface area contributed by atoms with Gasteiger partial charge in [0, 0.05) is 25.5 Å². The van der Waals surface area contributed by atoms with Gasteiger partial charge in [0.25, 0.3) is 0 Å². The third-order valence-electron chi connectivity index (χ3n) is 2.52. The van der Waals surface area contributed by atoms with E-state index in [-0.39, 0.29) is 0 Å². The second-order valence-corrected chi connectivity index (χ2v) is 9.04. The lowest BCUT2D eigenvalue weighted by Crippen LogP contribution is -2.32. The van der Waals surface area contributed by atoms with E-state index in [1.54, 1.807) is 14.2 Å². The zero-order valence-electron chi connectivity index (χ0n) is 11.4. The van der Waals surface area contributed by atoms with Crippen molar-refractivity contribution < 1.29 is 13.3 Å². The number of hydrogen-bond donors (Lipinski definition) is 0. The molecule has 16 heavy (non-hydrogen) atoms. The zero-order chi connectivity index (χ0) is 12.4. The standard InChI is InChI=1S/C11H27O3Si2/c1-6-7-8-9-11(15-14-10(2)3)16(12-4)13-5/h10-11H,6-9,15H2,1-5H3. The molecule has 0 saturated heterocycles. The Morgan fingerprint density at radius 2 is 1.75 bits per heavy atom. The molecule has 0 rings (SSSR count). The van der Waals surface area contributed by atoms with Gasteiger partial charge in [-0.2, -0.15) is 0 Å². The Bertz CT molecular complexity index is 152. The van der Waals surface area contributed by atoms with Crippen molar-refractivity contribution in [2.75, 3.05) is 14.2 Å². The average molecular weight is 264 g/mol. The molecular formula is C11H27O3Si2. The van der Waals surface area contributed by atoms with Gasteiger partial charge in [0.2, 0.25) is 0 Å². The number of hydrogen-bond acceptors (Lipinski definition) is 3. The minimum Gasteiger partial charge on any atom is -0.422 e. The summed E-state index contributed by atoms with van der Waals surface area (Å²) in [6.07, 6.45) is 5.40. The molecule has 0 spiro atoms. The molecule has 0 aliphatic carbocycles. The van der Waals surface area contributed by atoms with Crippen LogP contribution in [0, 0.1) is 0 Å². The molecule has 0 N–H and O–H groups in total. The lowest BCUT2D eigenvalue weighted by atomic mass is 10.2. The predicted molar refractivity (Wildman–Crippen MR) is 72.4 cm³/mol. The van der Waals surface area contributed by atoms with Crippen LogP contribution in [0.1, 0.15) is 46.5 Å². The molecule has 0 aromatic carbocycles. The van der Waals surface area contributed by atoms with Crippen molar-refractivity contribution in [3.63, 3.8) is 0 Å². The van der Waals surface area contributed by atoms with Gasteiger partial charge in [0.15, 0.2) is 9.76 Å². The number of rotatable bonds is 10. The molecule has 1 radical (unpaired) electrons. The molecule has 3 nitrogen and oxygen atoms in total. The molecular weight excluding hydrogens is 236 g/mol. The van der Waals surface area contributed by atoms with E-state index in [9.17, 15) is 0 Å². The Kier molecular flexibility index (Phi) is 10.7. The quantitative estimate of drug-likeness (QED) is 0.447. The summed E-state index contributed by atoms with van der Waals surface area (Å²) in [4.78, 5) is 0. The zero-order valence-corrected chi connectivity index (χ0v) is 13.8. The van der Waals surface area contributed by atoms with Crippen molar-refractivity contribution in [2.45, 2.75) is 57.7 Å². The third-order valence-corrected chi connectivity index (χ3v) is 7.45. The first-order chi connectivity index (χ1) is 7.65. The maximum atomic E-state index is 5.82. The van der Waals surface area contributed by atoms with E-state index in [0.29, 0.717) is 11.3 Å². The molecule has 0 fully saturated rings. The smallest absolute Gasteiger partial charge is 0.386 e. The van der Waals surface area contributed by atoms with Crippen LogP contribution in [0.3, 0.4) is 0 Å². The first kappa shape index (κ1) is 16.3. The minimum absolute atomic E-state index is 0.345. The van der Waals surface area contributed by atoms with E-state index >= 15 is 0 Å². The van der Waals surface area contributed by atoms with E-state index in [0.717, 1.165) is 0 Å². The van der Waals surface area contributed by atoms with Crippen LogP contribution in [0.4, 0.5) is 0 Å². The fraction of sp³-hybridized carbons (Fsp3) is 1.00. The molecule has 1 atom stereocenters. The first-order valence-electron chi connectivity index (χ1n) is 6.22. The topological polar surface area (TPSA) is 27.7 Å². The Morgan fingerprint density at radius 1 is 1.12 bits per heavy atom. The third kappa shape index (κ3) is 7.56. The summed E-state index contributed by atoms with van der Waals surface area (Å²) < 4.78 is 16.7. The monoisotopic (exact) mass is 263 g/mol. The summed E-state index contributed by atoms with van der Waals surface area (Å²) >= 11 is 0. The van der Waals surface area contributed by atoms with Crippen LogP contribution in [0.5, 0.6) is 0 Å². The highest BCUT2D eigenvalue weighted by Gasteiger charge is 2.27. The van der Waals surface area contributed by atoms with Crippen molar-refractivity contribution in [1.82, 2.24) is 0 Å². The highest BCUT2D eigenvalue weighted by Crippen LogP contribution is 2.19. The molecule has 97 valence electrons. The van der Waals surface area contributed by atoms with Crippen LogP contribution in [0.2, 0.25) is 5.16 Å². The molecule has 0 heterocycles. The fourth-order valence-corrected chi connectivity index (χ4v) is 5.81. The highest BCUT2D eigenvalue weighted by molar-refractivity contribution is 6.61. The van der Waals surface area contributed by atoms with Crippen LogP contribution >= 0.6 is 0 Å². The van der Waals surface area contributed by atoms with Gasteiger partial charge < -0.3 is 13.3 Å². The van der Waals surface area contributed by atoms with Gasteiger partial charge in [0.05, 0.1) is 0 Å². The van der Waals surface area contributed by atoms with Crippen LogP contribution in [-0.2, 0) is 13.3 Å². The van der Waals surface area contributed by atoms with E-state index < -0.39 is 19.0 Å². The fourth-order valence-electron chi connectivity index (χ4n) is 1.64. The molecule has 0 aliphatic heterocycles. The Balaban J connectivity index is 4.03. The molecule has 0 saturated carbocycles. The first-order valence-corrected chi connectivity index (χ1v) is 9.00. The van der Waals surface area contributed by atoms with Gasteiger partial charge in [-0.15, -0.1) is 0 Å². The largest absolute Gasteiger partial charge is 0.422 e. The van der Waals surface area contributed by atoms with Crippen molar-refractivity contribution >= 4 is 19.0 Å². The molecule has 5 heteroatoms. The van der Waals surface area contributed by atoms with Crippen LogP contribution < -0.4 is 0 Å². The van der Waals surface area contributed by atoms with Gasteiger partial charge in [-0.05, 0) is 20.3 Å². The Labute approximate surface area is 105 Å². The van der Waals surface area contributed by atoms with Crippen molar-refractivity contribution in [3.05, 3.63) is 0 Å². The van der Waals surface area contributed by atoms with Crippen molar-refractivity contribution in [3.8, 4) is 0 Å². The summed E-state index contributed by atoms with van der Waals surface area (Å²) in [6.45, 7) is 6.43. The molecule has 0 aliphatic rings. The van der Waals surface area contributed by atoms with Crippen molar-refractivity contribution in [2.24, 2.45) is 0 Å². The normalized spacial score (nSPS) is 14.4. The van der Waals surface area contributed by atoms with E-state index in [1.165, 1.54) is 25.7 Å². The van der Waals surface area contributed by atoms with Gasteiger partial charge in [0.1, 0.15) is 0 Å². The highest BCUT2D eigenvalue weighted by atomic mass is 28.3. The number of unbranched alkanes of at least 4 members (excludes halogenated alkanes) is 2. The summed E-state index contributed by atoms with van der Waals surface area (Å²) in [7, 11) is 1.89. The molecule has 0 aromatic heterocycles. The lowest BCUT2D eigenvalue weighted by Gasteiger charge is -2.22. The summed E-state index contributed by atoms with van der Waals surface area (Å²) in [5, 5.41) is 0.578. The predicted octanol–water partition coefficient (Wildman–Crippen LogP) is 2.18. The van der Waals surface area contributed by atoms with Crippen LogP contribution in [-0.4, -0.2) is 39.4 Å². The van der Waals surface area contributed by atoms with Crippen LogP contribution in [0.15, 0.2) is 0 Å². The summed E-state index contributed by atoms with van der Waals surface area (Å²) in [6, 6.07) is 0. The molecule has 0 amide bonds. The summed E-state index contributed by atoms with van der Waals surface area (Å²) in [5.74, 6) is 0. The maximum Gasteiger partial charge on any atom is 0.386 e. The average Bonchev–Trinajstić information content (AvgIpc) is 2.26. The SMILES string of the molecule is CCCCCC([SiH2]OC(C)C)[Si](OC)OC. The van der Waals surface area contributed by atoms with Crippen LogP contribution in [0.25, 0.3) is 0 Å². The second kappa shape index (κ2) is 10.5. The van der Waals surface area contributed by atoms with Gasteiger partial charge in [-0.1, -0.05) is 26.2 Å². The van der Waals surface area contributed by atoms with Gasteiger partial charge in [-0.3, -0.25) is 0 Å². The van der Waals surface area contributed by atoms with Crippen molar-refractivity contribution in [1.29, 1.82) is 0 Å². The molecule has 1 unspecified atom stereocenters. The Hall–Kier alpha value is 0.314. The lowest BCUT2D eigenvalue weighted by molar-refractivity contribution is 0.239. The van der Waals surface area contributed by atoms with E-state index in [1.807, 2.05) is 0 Å². The maximum absolute atomic E-state index is 5.82.